The summed E-state index contributed by atoms with van der Waals surface area (Å²) in [5, 5.41) is 16.1. The first kappa shape index (κ1) is 38.8. The van der Waals surface area contributed by atoms with Gasteiger partial charge in [-0.15, -0.1) is 0 Å². The fourth-order valence-electron chi connectivity index (χ4n) is 9.61. The number of nitrogens with zero attached hydrogens (tertiary/aromatic N) is 5. The second-order valence-corrected chi connectivity index (χ2v) is 17.1. The summed E-state index contributed by atoms with van der Waals surface area (Å²) in [7, 11) is 0. The normalized spacial score (nSPS) is 11.5. The Kier molecular flexibility index (Phi) is 9.25. The summed E-state index contributed by atoms with van der Waals surface area (Å²) in [5.41, 5.74) is 17.5. The molecule has 0 spiro atoms. The van der Waals surface area contributed by atoms with Gasteiger partial charge in [0.25, 0.3) is 0 Å². The van der Waals surface area contributed by atoms with Crippen LogP contribution in [0.15, 0.2) is 212 Å². The highest BCUT2D eigenvalue weighted by Crippen LogP contribution is 2.42. The van der Waals surface area contributed by atoms with E-state index in [0.29, 0.717) is 11.4 Å². The van der Waals surface area contributed by atoms with Crippen molar-refractivity contribution in [3.63, 3.8) is 0 Å². The van der Waals surface area contributed by atoms with Crippen LogP contribution in [0.2, 0.25) is 0 Å². The number of nitriles is 1. The standard InChI is InChI=1S/C61H41N5/c1-39-21-25-41(26-22-39)45-29-31-57-50(33-45)48-17-9-11-19-55(48)65(57)59-35-47(61-63-53(43-13-5-3-6-14-43)37-54(64-61)44-15-7-4-8-16-44)36-60(52(59)38-62)66-56-20-12-10-18-49(56)51-34-46(30-32-58(51)66)42-27-23-40(2)24-28-42/h3-37H,1-2H3. The number of para-hydroxylation sites is 2. The van der Waals surface area contributed by atoms with E-state index >= 15 is 0 Å². The van der Waals surface area contributed by atoms with Gasteiger partial charge >= 0.3 is 0 Å². The number of benzene rings is 9. The van der Waals surface area contributed by atoms with Crippen LogP contribution in [0.25, 0.3) is 111 Å². The van der Waals surface area contributed by atoms with Gasteiger partial charge in [0.05, 0.1) is 44.8 Å². The van der Waals surface area contributed by atoms with E-state index in [1.54, 1.807) is 0 Å². The fraction of sp³-hybridized carbons (Fsp3) is 0.0328. The van der Waals surface area contributed by atoms with Gasteiger partial charge in [-0.25, -0.2) is 9.97 Å². The lowest BCUT2D eigenvalue weighted by Gasteiger charge is -2.18. The summed E-state index contributed by atoms with van der Waals surface area (Å²) in [5.74, 6) is 0.562. The van der Waals surface area contributed by atoms with E-state index in [1.165, 1.54) is 11.1 Å². The van der Waals surface area contributed by atoms with Crippen molar-refractivity contribution < 1.29 is 0 Å². The van der Waals surface area contributed by atoms with Crippen LogP contribution in [-0.4, -0.2) is 19.1 Å². The summed E-state index contributed by atoms with van der Waals surface area (Å²) in [4.78, 5) is 10.7. The average Bonchev–Trinajstić information content (AvgIpc) is 3.89. The van der Waals surface area contributed by atoms with E-state index in [1.807, 2.05) is 36.4 Å². The summed E-state index contributed by atoms with van der Waals surface area (Å²) in [6, 6.07) is 77.3. The largest absolute Gasteiger partial charge is 0.308 e. The molecule has 0 aliphatic carbocycles. The lowest BCUT2D eigenvalue weighted by atomic mass is 10.0. The molecular weight excluding hydrogens is 803 g/mol. The Hall–Kier alpha value is -8.85. The van der Waals surface area contributed by atoms with E-state index in [9.17, 15) is 5.26 Å². The lowest BCUT2D eigenvalue weighted by molar-refractivity contribution is 1.11. The minimum Gasteiger partial charge on any atom is -0.308 e. The molecule has 12 rings (SSSR count). The molecule has 3 heterocycles. The highest BCUT2D eigenvalue weighted by molar-refractivity contribution is 6.12. The maximum atomic E-state index is 11.7. The van der Waals surface area contributed by atoms with E-state index in [4.69, 9.17) is 9.97 Å². The van der Waals surface area contributed by atoms with E-state index < -0.39 is 0 Å². The molecule has 0 N–H and O–H groups in total. The molecule has 12 aromatic rings. The van der Waals surface area contributed by atoms with Crippen molar-refractivity contribution in [1.29, 1.82) is 5.26 Å². The van der Waals surface area contributed by atoms with Crippen molar-refractivity contribution in [1.82, 2.24) is 19.1 Å². The van der Waals surface area contributed by atoms with Crippen molar-refractivity contribution >= 4 is 43.6 Å². The molecule has 0 saturated heterocycles. The molecule has 0 radical (unpaired) electrons. The zero-order chi connectivity index (χ0) is 44.3. The number of rotatable bonds is 7. The van der Waals surface area contributed by atoms with Crippen molar-refractivity contribution in [2.45, 2.75) is 13.8 Å². The van der Waals surface area contributed by atoms with Gasteiger partial charge in [0.1, 0.15) is 11.6 Å². The Morgan fingerprint density at radius 1 is 0.348 bits per heavy atom. The molecule has 0 bridgehead atoms. The monoisotopic (exact) mass is 843 g/mol. The fourth-order valence-corrected chi connectivity index (χ4v) is 9.61. The SMILES string of the molecule is Cc1ccc(-c2ccc3c(c2)c2ccccc2n3-c2cc(-c3nc(-c4ccccc4)cc(-c4ccccc4)n3)cc(-n3c4ccccc4c4cc(-c5ccc(C)cc5)ccc43)c2C#N)cc1. The first-order chi connectivity index (χ1) is 32.5. The zero-order valence-corrected chi connectivity index (χ0v) is 36.4. The van der Waals surface area contributed by atoms with Crippen molar-refractivity contribution in [3.05, 3.63) is 229 Å². The second kappa shape index (κ2) is 15.7. The molecule has 66 heavy (non-hydrogen) atoms. The summed E-state index contributed by atoms with van der Waals surface area (Å²) in [6.07, 6.45) is 0. The predicted molar refractivity (Wildman–Crippen MR) is 272 cm³/mol. The molecule has 5 nitrogen and oxygen atoms in total. The van der Waals surface area contributed by atoms with Crippen LogP contribution in [-0.2, 0) is 0 Å². The maximum absolute atomic E-state index is 11.7. The molecule has 0 fully saturated rings. The van der Waals surface area contributed by atoms with Gasteiger partial charge in [-0.3, -0.25) is 0 Å². The maximum Gasteiger partial charge on any atom is 0.160 e. The van der Waals surface area contributed by atoms with Crippen LogP contribution >= 0.6 is 0 Å². The molecule has 3 aromatic heterocycles. The minimum absolute atomic E-state index is 0.539. The van der Waals surface area contributed by atoms with Gasteiger partial charge in [0.15, 0.2) is 5.82 Å². The van der Waals surface area contributed by atoms with Crippen LogP contribution in [0.5, 0.6) is 0 Å². The first-order valence-corrected chi connectivity index (χ1v) is 22.3. The first-order valence-electron chi connectivity index (χ1n) is 22.3. The molecule has 9 aromatic carbocycles. The molecule has 0 saturated carbocycles. The van der Waals surface area contributed by atoms with E-state index in [0.717, 1.165) is 105 Å². The van der Waals surface area contributed by atoms with Crippen LogP contribution in [0.4, 0.5) is 0 Å². The van der Waals surface area contributed by atoms with Gasteiger partial charge in [0.2, 0.25) is 0 Å². The molecule has 0 unspecified atom stereocenters. The Morgan fingerprint density at radius 2 is 0.742 bits per heavy atom. The third-order valence-corrected chi connectivity index (χ3v) is 12.9. The molecular formula is C61H41N5. The Morgan fingerprint density at radius 3 is 1.18 bits per heavy atom. The Labute approximate surface area is 382 Å². The molecule has 310 valence electrons. The van der Waals surface area contributed by atoms with Crippen molar-refractivity contribution in [2.24, 2.45) is 0 Å². The molecule has 5 heteroatoms. The summed E-state index contributed by atoms with van der Waals surface area (Å²) >= 11 is 0. The zero-order valence-electron chi connectivity index (χ0n) is 36.4. The minimum atomic E-state index is 0.539. The van der Waals surface area contributed by atoms with E-state index in [-0.39, 0.29) is 0 Å². The highest BCUT2D eigenvalue weighted by Gasteiger charge is 2.24. The van der Waals surface area contributed by atoms with Crippen molar-refractivity contribution in [3.8, 4) is 73.6 Å². The van der Waals surface area contributed by atoms with E-state index in [2.05, 4.69) is 205 Å². The molecule has 0 aliphatic rings. The number of aryl methyl sites for hydroxylation is 2. The number of fused-ring (bicyclic) bond motifs is 6. The third-order valence-electron chi connectivity index (χ3n) is 12.9. The summed E-state index contributed by atoms with van der Waals surface area (Å²) in [6.45, 7) is 4.23. The van der Waals surface area contributed by atoms with Crippen LogP contribution in [0.1, 0.15) is 16.7 Å². The predicted octanol–water partition coefficient (Wildman–Crippen LogP) is 15.5. The molecule has 0 amide bonds. The smallest absolute Gasteiger partial charge is 0.160 e. The molecule has 0 atom stereocenters. The van der Waals surface area contributed by atoms with Gasteiger partial charge in [-0.2, -0.15) is 5.26 Å². The van der Waals surface area contributed by atoms with Gasteiger partial charge in [0, 0.05) is 38.2 Å². The number of hydrogen-bond acceptors (Lipinski definition) is 3. The number of aromatic nitrogens is 4. The van der Waals surface area contributed by atoms with Gasteiger partial charge < -0.3 is 9.13 Å². The van der Waals surface area contributed by atoms with Crippen LogP contribution in [0, 0.1) is 25.2 Å². The Bertz CT molecular complexity index is 3630. The van der Waals surface area contributed by atoms with Crippen LogP contribution < -0.4 is 0 Å². The van der Waals surface area contributed by atoms with Gasteiger partial charge in [-0.05, 0) is 90.7 Å². The Balaban J connectivity index is 1.18. The second-order valence-electron chi connectivity index (χ2n) is 17.1. The molecule has 0 aliphatic heterocycles. The quantitative estimate of drug-likeness (QED) is 0.161. The average molecular weight is 844 g/mol. The third kappa shape index (κ3) is 6.55. The summed E-state index contributed by atoms with van der Waals surface area (Å²) < 4.78 is 4.52. The van der Waals surface area contributed by atoms with Crippen LogP contribution in [0.3, 0.4) is 0 Å². The number of hydrogen-bond donors (Lipinski definition) is 0. The highest BCUT2D eigenvalue weighted by atomic mass is 15.0. The lowest BCUT2D eigenvalue weighted by Crippen LogP contribution is -2.06. The topological polar surface area (TPSA) is 59.4 Å². The van der Waals surface area contributed by atoms with Gasteiger partial charge in [-0.1, -0.05) is 169 Å². The van der Waals surface area contributed by atoms with Crippen molar-refractivity contribution in [2.75, 3.05) is 0 Å².